The second-order valence-electron chi connectivity index (χ2n) is 3.76. The minimum absolute atomic E-state index is 0.0510. The molecule has 0 aliphatic rings. The lowest BCUT2D eigenvalue weighted by Gasteiger charge is -2.09. The summed E-state index contributed by atoms with van der Waals surface area (Å²) in [6.45, 7) is 1.81. The van der Waals surface area contributed by atoms with Crippen LogP contribution >= 0.6 is 34.7 Å². The monoisotopic (exact) mass is 317 g/mol. The number of nitrogens with zero attached hydrogens (tertiary/aromatic N) is 3. The van der Waals surface area contributed by atoms with Crippen LogP contribution < -0.4 is 5.32 Å². The Balaban J connectivity index is 1.70. The van der Waals surface area contributed by atoms with Crippen molar-refractivity contribution < 1.29 is 4.79 Å². The largest absolute Gasteiger partial charge is 0.345 e. The van der Waals surface area contributed by atoms with Crippen LogP contribution in [-0.4, -0.2) is 32.3 Å². The Labute approximate surface area is 123 Å². The first kappa shape index (κ1) is 14.3. The Morgan fingerprint density at radius 2 is 2.47 bits per heavy atom. The first-order valence-corrected chi connectivity index (χ1v) is 7.84. The highest BCUT2D eigenvalue weighted by atomic mass is 35.5. The van der Waals surface area contributed by atoms with Gasteiger partial charge in [-0.2, -0.15) is 5.21 Å². The topological polar surface area (TPSA) is 83.6 Å². The second kappa shape index (κ2) is 6.88. The van der Waals surface area contributed by atoms with Gasteiger partial charge < -0.3 is 5.32 Å². The fraction of sp³-hybridized carbons (Fsp3) is 0.400. The first-order chi connectivity index (χ1) is 9.15. The van der Waals surface area contributed by atoms with Crippen LogP contribution in [0.1, 0.15) is 23.7 Å². The highest BCUT2D eigenvalue weighted by molar-refractivity contribution is 7.99. The molecule has 2 aromatic heterocycles. The third kappa shape index (κ3) is 4.48. The highest BCUT2D eigenvalue weighted by Gasteiger charge is 2.13. The molecule has 0 saturated carbocycles. The maximum absolute atomic E-state index is 11.7. The van der Waals surface area contributed by atoms with Crippen LogP contribution in [0, 0.1) is 0 Å². The van der Waals surface area contributed by atoms with E-state index in [9.17, 15) is 4.79 Å². The molecule has 0 bridgehead atoms. The molecule has 0 aliphatic heterocycles. The molecule has 6 nitrogen and oxygen atoms in total. The quantitative estimate of drug-likeness (QED) is 0.851. The highest BCUT2D eigenvalue weighted by Crippen LogP contribution is 2.25. The molecule has 0 fully saturated rings. The molecule has 102 valence electrons. The number of hydrogen-bond acceptors (Lipinski definition) is 6. The van der Waals surface area contributed by atoms with Gasteiger partial charge in [0, 0.05) is 10.6 Å². The van der Waals surface area contributed by atoms with Gasteiger partial charge in [0.15, 0.2) is 5.82 Å². The van der Waals surface area contributed by atoms with Crippen molar-refractivity contribution in [2.24, 2.45) is 0 Å². The molecule has 1 atom stereocenters. The van der Waals surface area contributed by atoms with Crippen molar-refractivity contribution in [2.45, 2.75) is 18.7 Å². The Bertz CT molecular complexity index is 530. The van der Waals surface area contributed by atoms with Crippen LogP contribution in [0.5, 0.6) is 0 Å². The molecule has 2 heterocycles. The van der Waals surface area contributed by atoms with Gasteiger partial charge in [-0.25, -0.2) is 0 Å². The molecule has 1 unspecified atom stereocenters. The number of nitrogens with one attached hydrogen (secondary N) is 2. The van der Waals surface area contributed by atoms with E-state index in [1.165, 1.54) is 11.3 Å². The van der Waals surface area contributed by atoms with E-state index in [4.69, 9.17) is 11.6 Å². The van der Waals surface area contributed by atoms with E-state index in [2.05, 4.69) is 25.9 Å². The number of H-pyrrole nitrogens is 1. The lowest BCUT2D eigenvalue weighted by atomic mass is 10.3. The molecule has 19 heavy (non-hydrogen) atoms. The molecule has 9 heteroatoms. The summed E-state index contributed by atoms with van der Waals surface area (Å²) in [4.78, 5) is 12.9. The fourth-order valence-electron chi connectivity index (χ4n) is 1.37. The van der Waals surface area contributed by atoms with E-state index in [1.807, 2.05) is 19.1 Å². The first-order valence-electron chi connectivity index (χ1n) is 5.50. The molecule has 0 radical (unpaired) electrons. The Hall–Kier alpha value is -1.12. The Morgan fingerprint density at radius 1 is 1.63 bits per heavy atom. The number of rotatable bonds is 6. The Morgan fingerprint density at radius 3 is 3.11 bits per heavy atom. The summed E-state index contributed by atoms with van der Waals surface area (Å²) in [6, 6.07) is 3.59. The summed E-state index contributed by atoms with van der Waals surface area (Å²) >= 11 is 8.91. The normalized spacial score (nSPS) is 12.3. The van der Waals surface area contributed by atoms with Crippen LogP contribution in [0.25, 0.3) is 0 Å². The van der Waals surface area contributed by atoms with Crippen LogP contribution in [-0.2, 0) is 10.5 Å². The second-order valence-corrected chi connectivity index (χ2v) is 6.54. The Kier molecular flexibility index (Phi) is 5.17. The summed E-state index contributed by atoms with van der Waals surface area (Å²) in [5.41, 5.74) is 0. The smallest absolute Gasteiger partial charge is 0.230 e. The van der Waals surface area contributed by atoms with Gasteiger partial charge in [-0.15, -0.1) is 33.3 Å². The number of thiophene rings is 1. The third-order valence-corrected chi connectivity index (χ3v) is 4.63. The van der Waals surface area contributed by atoms with Gasteiger partial charge in [0.05, 0.1) is 16.1 Å². The van der Waals surface area contributed by atoms with E-state index in [-0.39, 0.29) is 11.9 Å². The standard InChI is InChI=1S/C10H12ClN5OS2/c1-6(10-13-15-16-14-10)12-9(17)5-18-4-7-2-3-8(11)19-7/h2-3,6H,4-5H2,1H3,(H,12,17)(H,13,14,15,16). The average molecular weight is 318 g/mol. The maximum atomic E-state index is 11.7. The maximum Gasteiger partial charge on any atom is 0.230 e. The van der Waals surface area contributed by atoms with Crippen molar-refractivity contribution in [3.63, 3.8) is 0 Å². The third-order valence-electron chi connectivity index (χ3n) is 2.23. The number of aromatic amines is 1. The van der Waals surface area contributed by atoms with E-state index >= 15 is 0 Å². The molecule has 0 saturated heterocycles. The number of carbonyl (C=O) groups is 1. The van der Waals surface area contributed by atoms with E-state index in [0.29, 0.717) is 11.6 Å². The summed E-state index contributed by atoms with van der Waals surface area (Å²) in [5, 5.41) is 16.2. The number of tetrazole rings is 1. The van der Waals surface area contributed by atoms with Crippen molar-refractivity contribution in [3.8, 4) is 0 Å². The molecular formula is C10H12ClN5OS2. The lowest BCUT2D eigenvalue weighted by molar-refractivity contribution is -0.119. The van der Waals surface area contributed by atoms with Gasteiger partial charge in [-0.1, -0.05) is 16.8 Å². The molecule has 2 rings (SSSR count). The predicted octanol–water partition coefficient (Wildman–Crippen LogP) is 2.03. The average Bonchev–Trinajstić information content (AvgIpc) is 3.00. The summed E-state index contributed by atoms with van der Waals surface area (Å²) < 4.78 is 0.769. The molecule has 0 aliphatic carbocycles. The van der Waals surface area contributed by atoms with Crippen LogP contribution in [0.2, 0.25) is 4.34 Å². The van der Waals surface area contributed by atoms with Crippen molar-refractivity contribution in [3.05, 3.63) is 27.2 Å². The molecule has 1 amide bonds. The fourth-order valence-corrected chi connectivity index (χ4v) is 3.41. The van der Waals surface area contributed by atoms with Gasteiger partial charge in [0.1, 0.15) is 0 Å². The zero-order valence-electron chi connectivity index (χ0n) is 10.1. The lowest BCUT2D eigenvalue weighted by Crippen LogP contribution is -2.28. The number of hydrogen-bond donors (Lipinski definition) is 2. The molecule has 0 aromatic carbocycles. The summed E-state index contributed by atoms with van der Waals surface area (Å²) in [7, 11) is 0. The van der Waals surface area contributed by atoms with E-state index < -0.39 is 0 Å². The van der Waals surface area contributed by atoms with Gasteiger partial charge in [-0.3, -0.25) is 4.79 Å². The SMILES string of the molecule is CC(NC(=O)CSCc1ccc(Cl)s1)c1nn[nH]n1. The van der Waals surface area contributed by atoms with E-state index in [0.717, 1.165) is 15.0 Å². The van der Waals surface area contributed by atoms with Crippen LogP contribution in [0.3, 0.4) is 0 Å². The van der Waals surface area contributed by atoms with Gasteiger partial charge in [0.2, 0.25) is 5.91 Å². The number of amides is 1. The van der Waals surface area contributed by atoms with Crippen molar-refractivity contribution in [1.29, 1.82) is 0 Å². The zero-order chi connectivity index (χ0) is 13.7. The number of aromatic nitrogens is 4. The molecule has 0 spiro atoms. The molecular weight excluding hydrogens is 306 g/mol. The minimum Gasteiger partial charge on any atom is -0.345 e. The van der Waals surface area contributed by atoms with Gasteiger partial charge >= 0.3 is 0 Å². The summed E-state index contributed by atoms with van der Waals surface area (Å²) in [6.07, 6.45) is 0. The number of carbonyl (C=O) groups excluding carboxylic acids is 1. The molecule has 2 aromatic rings. The minimum atomic E-state index is -0.247. The zero-order valence-corrected chi connectivity index (χ0v) is 12.5. The van der Waals surface area contributed by atoms with Gasteiger partial charge in [0.25, 0.3) is 0 Å². The molecule has 2 N–H and O–H groups in total. The van der Waals surface area contributed by atoms with Crippen LogP contribution in [0.4, 0.5) is 0 Å². The van der Waals surface area contributed by atoms with Crippen molar-refractivity contribution in [2.75, 3.05) is 5.75 Å². The van der Waals surface area contributed by atoms with E-state index in [1.54, 1.807) is 11.8 Å². The number of halogens is 1. The van der Waals surface area contributed by atoms with Crippen molar-refractivity contribution in [1.82, 2.24) is 25.9 Å². The predicted molar refractivity (Wildman–Crippen MR) is 76.2 cm³/mol. The summed E-state index contributed by atoms with van der Waals surface area (Å²) in [5.74, 6) is 1.59. The number of thioether (sulfide) groups is 1. The van der Waals surface area contributed by atoms with Crippen LogP contribution in [0.15, 0.2) is 12.1 Å². The van der Waals surface area contributed by atoms with Crippen molar-refractivity contribution >= 4 is 40.6 Å². The van der Waals surface area contributed by atoms with Gasteiger partial charge in [-0.05, 0) is 19.1 Å².